The Bertz CT molecular complexity index is 1050. The van der Waals surface area contributed by atoms with Crippen LogP contribution >= 0.6 is 0 Å². The number of hydrogen-bond donors (Lipinski definition) is 1. The molecule has 1 aliphatic rings. The maximum absolute atomic E-state index is 11.9. The smallest absolute Gasteiger partial charge is 0.309 e. The standard InChI is InChI=1S/C23H23N3O4/c1-15(27)30-23-21(16-10-12-18(13-11-16)24-20(28)14-29-2)22(17-8-9-17)25-26(23)19-6-4-3-5-7-19/h3-7,10-13,17H,8-9,14H2,1-2H3,(H,24,28). The van der Waals surface area contributed by atoms with Crippen molar-refractivity contribution >= 4 is 17.6 Å². The van der Waals surface area contributed by atoms with E-state index in [0.717, 1.165) is 35.3 Å². The summed E-state index contributed by atoms with van der Waals surface area (Å²) in [7, 11) is 1.48. The van der Waals surface area contributed by atoms with Crippen molar-refractivity contribution in [3.05, 3.63) is 60.3 Å². The number of nitrogens with one attached hydrogen (secondary N) is 1. The van der Waals surface area contributed by atoms with Gasteiger partial charge in [0.15, 0.2) is 0 Å². The largest absolute Gasteiger partial charge is 0.407 e. The molecule has 1 saturated carbocycles. The van der Waals surface area contributed by atoms with E-state index in [-0.39, 0.29) is 12.5 Å². The molecule has 0 spiro atoms. The molecule has 1 fully saturated rings. The number of amides is 1. The minimum absolute atomic E-state index is 0.00593. The van der Waals surface area contributed by atoms with Crippen LogP contribution in [0.3, 0.4) is 0 Å². The van der Waals surface area contributed by atoms with Gasteiger partial charge in [-0.1, -0.05) is 30.3 Å². The fourth-order valence-electron chi connectivity index (χ4n) is 3.36. The highest BCUT2D eigenvalue weighted by Gasteiger charge is 2.34. The minimum atomic E-state index is -0.404. The van der Waals surface area contributed by atoms with Gasteiger partial charge in [0.1, 0.15) is 6.61 Å². The van der Waals surface area contributed by atoms with E-state index < -0.39 is 5.97 Å². The number of para-hydroxylation sites is 1. The van der Waals surface area contributed by atoms with Crippen molar-refractivity contribution in [3.8, 4) is 22.7 Å². The summed E-state index contributed by atoms with van der Waals surface area (Å²) in [6, 6.07) is 17.0. The number of aromatic nitrogens is 2. The van der Waals surface area contributed by atoms with Crippen molar-refractivity contribution in [3.63, 3.8) is 0 Å². The summed E-state index contributed by atoms with van der Waals surface area (Å²) in [6.07, 6.45) is 2.12. The average Bonchev–Trinajstić information content (AvgIpc) is 3.51. The van der Waals surface area contributed by atoms with E-state index in [2.05, 4.69) is 5.32 Å². The van der Waals surface area contributed by atoms with Gasteiger partial charge in [0.25, 0.3) is 0 Å². The predicted molar refractivity (Wildman–Crippen MR) is 113 cm³/mol. The van der Waals surface area contributed by atoms with Gasteiger partial charge in [-0.05, 0) is 42.7 Å². The fourth-order valence-corrected chi connectivity index (χ4v) is 3.36. The molecule has 1 aliphatic carbocycles. The third-order valence-electron chi connectivity index (χ3n) is 4.81. The van der Waals surface area contributed by atoms with Crippen molar-refractivity contribution < 1.29 is 19.1 Å². The van der Waals surface area contributed by atoms with Crippen LogP contribution < -0.4 is 10.1 Å². The molecule has 0 unspecified atom stereocenters. The van der Waals surface area contributed by atoms with Crippen molar-refractivity contribution in [2.75, 3.05) is 19.0 Å². The lowest BCUT2D eigenvalue weighted by Crippen LogP contribution is -2.16. The van der Waals surface area contributed by atoms with Crippen LogP contribution in [0.5, 0.6) is 5.88 Å². The highest BCUT2D eigenvalue weighted by atomic mass is 16.5. The Hall–Kier alpha value is -3.45. The van der Waals surface area contributed by atoms with Crippen LogP contribution in [0.2, 0.25) is 0 Å². The lowest BCUT2D eigenvalue weighted by atomic mass is 10.0. The number of esters is 1. The van der Waals surface area contributed by atoms with Crippen molar-refractivity contribution in [1.29, 1.82) is 0 Å². The lowest BCUT2D eigenvalue weighted by molar-refractivity contribution is -0.132. The second kappa shape index (κ2) is 8.51. The van der Waals surface area contributed by atoms with Crippen LogP contribution in [-0.4, -0.2) is 35.4 Å². The summed E-state index contributed by atoms with van der Waals surface area (Å²) < 4.78 is 12.2. The van der Waals surface area contributed by atoms with Crippen molar-refractivity contribution in [1.82, 2.24) is 9.78 Å². The molecule has 1 heterocycles. The number of carbonyl (C=O) groups is 2. The summed E-state index contributed by atoms with van der Waals surface area (Å²) in [5, 5.41) is 7.60. The van der Waals surface area contributed by atoms with Gasteiger partial charge >= 0.3 is 5.97 Å². The van der Waals surface area contributed by atoms with Crippen LogP contribution in [0, 0.1) is 0 Å². The molecule has 1 N–H and O–H groups in total. The molecule has 0 atom stereocenters. The molecule has 7 heteroatoms. The molecule has 1 aromatic heterocycles. The van der Waals surface area contributed by atoms with E-state index in [0.29, 0.717) is 17.5 Å². The SMILES string of the molecule is COCC(=O)Nc1ccc(-c2c(C3CC3)nn(-c3ccccc3)c2OC(C)=O)cc1. The summed E-state index contributed by atoms with van der Waals surface area (Å²) in [4.78, 5) is 23.6. The first kappa shape index (κ1) is 19.8. The minimum Gasteiger partial charge on any atom is -0.407 e. The summed E-state index contributed by atoms with van der Waals surface area (Å²) in [5.41, 5.74) is 4.10. The number of nitrogens with zero attached hydrogens (tertiary/aromatic N) is 2. The maximum atomic E-state index is 11.9. The number of methoxy groups -OCH3 is 1. The molecular weight excluding hydrogens is 382 g/mol. The van der Waals surface area contributed by atoms with Crippen molar-refractivity contribution in [2.24, 2.45) is 0 Å². The highest BCUT2D eigenvalue weighted by molar-refractivity contribution is 5.92. The second-order valence-corrected chi connectivity index (χ2v) is 7.24. The number of anilines is 1. The topological polar surface area (TPSA) is 82.4 Å². The molecule has 7 nitrogen and oxygen atoms in total. The number of hydrogen-bond acceptors (Lipinski definition) is 5. The third kappa shape index (κ3) is 4.26. The summed E-state index contributed by atoms with van der Waals surface area (Å²) >= 11 is 0. The summed E-state index contributed by atoms with van der Waals surface area (Å²) in [6.45, 7) is 1.38. The number of carbonyl (C=O) groups excluding carboxylic acids is 2. The van der Waals surface area contributed by atoms with Gasteiger partial charge in [-0.3, -0.25) is 9.59 Å². The molecule has 1 amide bonds. The number of ether oxygens (including phenoxy) is 2. The van der Waals surface area contributed by atoms with E-state index in [1.54, 1.807) is 4.68 Å². The fraction of sp³-hybridized carbons (Fsp3) is 0.261. The van der Waals surface area contributed by atoms with E-state index in [4.69, 9.17) is 14.6 Å². The highest BCUT2D eigenvalue weighted by Crippen LogP contribution is 2.48. The third-order valence-corrected chi connectivity index (χ3v) is 4.81. The lowest BCUT2D eigenvalue weighted by Gasteiger charge is -2.10. The second-order valence-electron chi connectivity index (χ2n) is 7.24. The Kier molecular flexibility index (Phi) is 5.63. The molecule has 2 aromatic carbocycles. The van der Waals surface area contributed by atoms with Gasteiger partial charge in [0.2, 0.25) is 11.8 Å². The predicted octanol–water partition coefficient (Wildman–Crippen LogP) is 3.93. The van der Waals surface area contributed by atoms with Crippen LogP contribution in [0.4, 0.5) is 5.69 Å². The molecule has 4 rings (SSSR count). The average molecular weight is 405 g/mol. The molecule has 0 bridgehead atoms. The molecule has 0 saturated heterocycles. The Labute approximate surface area is 174 Å². The van der Waals surface area contributed by atoms with Crippen molar-refractivity contribution in [2.45, 2.75) is 25.7 Å². The normalized spacial score (nSPS) is 13.1. The first-order chi connectivity index (χ1) is 14.6. The maximum Gasteiger partial charge on any atom is 0.309 e. The number of benzene rings is 2. The van der Waals surface area contributed by atoms with E-state index >= 15 is 0 Å². The molecule has 0 aliphatic heterocycles. The van der Waals surface area contributed by atoms with Crippen LogP contribution in [0.1, 0.15) is 31.4 Å². The molecule has 30 heavy (non-hydrogen) atoms. The van der Waals surface area contributed by atoms with Gasteiger partial charge < -0.3 is 14.8 Å². The van der Waals surface area contributed by atoms with E-state index in [1.165, 1.54) is 14.0 Å². The number of rotatable bonds is 7. The Morgan fingerprint density at radius 2 is 1.80 bits per heavy atom. The van der Waals surface area contributed by atoms with Crippen LogP contribution in [0.15, 0.2) is 54.6 Å². The zero-order valence-electron chi connectivity index (χ0n) is 16.9. The van der Waals surface area contributed by atoms with E-state index in [9.17, 15) is 9.59 Å². The summed E-state index contributed by atoms with van der Waals surface area (Å²) in [5.74, 6) is 0.132. The van der Waals surface area contributed by atoms with Crippen LogP contribution in [-0.2, 0) is 14.3 Å². The first-order valence-electron chi connectivity index (χ1n) is 9.83. The first-order valence-corrected chi connectivity index (χ1v) is 9.83. The van der Waals surface area contributed by atoms with Gasteiger partial charge in [-0.15, -0.1) is 0 Å². The molecular formula is C23H23N3O4. The van der Waals surface area contributed by atoms with Gasteiger partial charge in [-0.2, -0.15) is 9.78 Å². The monoisotopic (exact) mass is 405 g/mol. The Morgan fingerprint density at radius 1 is 1.10 bits per heavy atom. The van der Waals surface area contributed by atoms with Crippen LogP contribution in [0.25, 0.3) is 16.8 Å². The van der Waals surface area contributed by atoms with Gasteiger partial charge in [-0.25, -0.2) is 0 Å². The quantitative estimate of drug-likeness (QED) is 0.603. The van der Waals surface area contributed by atoms with E-state index in [1.807, 2.05) is 54.6 Å². The zero-order chi connectivity index (χ0) is 21.1. The van der Waals surface area contributed by atoms with Gasteiger partial charge in [0.05, 0.1) is 16.9 Å². The van der Waals surface area contributed by atoms with Gasteiger partial charge in [0, 0.05) is 25.6 Å². The molecule has 154 valence electrons. The molecule has 3 aromatic rings. The Morgan fingerprint density at radius 3 is 2.40 bits per heavy atom. The molecule has 0 radical (unpaired) electrons. The Balaban J connectivity index is 1.77. The zero-order valence-corrected chi connectivity index (χ0v) is 16.9.